The molecule has 0 aliphatic rings. The number of carbonyl (C=O) groups is 1. The summed E-state index contributed by atoms with van der Waals surface area (Å²) in [4.78, 5) is 19.1. The Balaban J connectivity index is 1.89. The van der Waals surface area contributed by atoms with E-state index in [1.807, 2.05) is 6.07 Å². The van der Waals surface area contributed by atoms with Crippen LogP contribution in [0.1, 0.15) is 12.0 Å². The van der Waals surface area contributed by atoms with Gasteiger partial charge in [-0.05, 0) is 18.1 Å². The van der Waals surface area contributed by atoms with Crippen molar-refractivity contribution < 1.29 is 19.8 Å². The minimum Gasteiger partial charge on any atom is -0.492 e. The molecule has 17 heavy (non-hydrogen) atoms. The van der Waals surface area contributed by atoms with Crippen LogP contribution in [0.3, 0.4) is 0 Å². The van der Waals surface area contributed by atoms with Crippen LogP contribution >= 0.6 is 0 Å². The molecule has 90 valence electrons. The Morgan fingerprint density at radius 2 is 2.00 bits per heavy atom. The second-order valence-corrected chi connectivity index (χ2v) is 3.53. The fourth-order valence-electron chi connectivity index (χ4n) is 1.40. The molecular weight excluding hydrogens is 224 g/mol. The van der Waals surface area contributed by atoms with Crippen LogP contribution in [0.2, 0.25) is 0 Å². The smallest absolute Gasteiger partial charge is 0.333 e. The van der Waals surface area contributed by atoms with Gasteiger partial charge in [0.25, 0.3) is 0 Å². The molecule has 2 rings (SSSR count). The summed E-state index contributed by atoms with van der Waals surface area (Å²) in [6, 6.07) is 4.32. The first-order valence-electron chi connectivity index (χ1n) is 5.09. The summed E-state index contributed by atoms with van der Waals surface area (Å²) in [5, 5.41) is 18.5. The minimum absolute atomic E-state index is 0.162. The van der Waals surface area contributed by atoms with Crippen molar-refractivity contribution in [3.63, 3.8) is 0 Å². The molecule has 0 aliphatic heterocycles. The third-order valence-corrected chi connectivity index (χ3v) is 2.27. The Bertz CT molecular complexity index is 482. The van der Waals surface area contributed by atoms with E-state index >= 15 is 0 Å². The van der Waals surface area contributed by atoms with E-state index in [0.717, 1.165) is 5.56 Å². The molecule has 2 heterocycles. The van der Waals surface area contributed by atoms with Gasteiger partial charge in [-0.15, -0.1) is 4.73 Å². The summed E-state index contributed by atoms with van der Waals surface area (Å²) in [6.07, 6.45) is 4.25. The Labute approximate surface area is 97.0 Å². The molecule has 0 saturated carbocycles. The van der Waals surface area contributed by atoms with Gasteiger partial charge in [0.1, 0.15) is 0 Å². The summed E-state index contributed by atoms with van der Waals surface area (Å²) in [7, 11) is 0. The summed E-state index contributed by atoms with van der Waals surface area (Å²) in [6.45, 7) is 0. The number of aromatic hydroxyl groups is 2. The number of aromatic nitrogens is 2. The van der Waals surface area contributed by atoms with E-state index in [9.17, 15) is 15.0 Å². The van der Waals surface area contributed by atoms with Crippen molar-refractivity contribution in [3.8, 4) is 11.8 Å². The molecule has 2 aromatic rings. The first-order chi connectivity index (χ1) is 8.16. The van der Waals surface area contributed by atoms with Crippen molar-refractivity contribution in [1.29, 1.82) is 0 Å². The van der Waals surface area contributed by atoms with Crippen molar-refractivity contribution in [2.75, 3.05) is 0 Å². The number of aromatic amines is 1. The van der Waals surface area contributed by atoms with Gasteiger partial charge in [0.2, 0.25) is 11.8 Å². The molecule has 0 unspecified atom stereocenters. The van der Waals surface area contributed by atoms with Crippen LogP contribution < -0.4 is 4.84 Å². The molecule has 0 fully saturated rings. The summed E-state index contributed by atoms with van der Waals surface area (Å²) < 4.78 is 0.680. The quantitative estimate of drug-likeness (QED) is 0.733. The SMILES string of the molecule is O=C(CCc1cc[nH]c1)On1c(O)ccc1O. The predicted octanol–water partition coefficient (Wildman–Crippen LogP) is 0.815. The zero-order chi connectivity index (χ0) is 12.3. The molecule has 0 saturated heterocycles. The van der Waals surface area contributed by atoms with Crippen LogP contribution in [0.25, 0.3) is 0 Å². The maximum Gasteiger partial charge on any atom is 0.333 e. The molecule has 3 N–H and O–H groups in total. The van der Waals surface area contributed by atoms with E-state index < -0.39 is 5.97 Å². The summed E-state index contributed by atoms with van der Waals surface area (Å²) in [5.74, 6) is -1.18. The molecule has 0 aliphatic carbocycles. The molecule has 6 nitrogen and oxygen atoms in total. The molecule has 0 radical (unpaired) electrons. The lowest BCUT2D eigenvalue weighted by molar-refractivity contribution is -0.145. The number of hydrogen-bond acceptors (Lipinski definition) is 4. The average Bonchev–Trinajstić information content (AvgIpc) is 2.91. The van der Waals surface area contributed by atoms with Crippen LogP contribution in [0.5, 0.6) is 11.8 Å². The van der Waals surface area contributed by atoms with Crippen LogP contribution in [0, 0.1) is 0 Å². The molecule has 0 spiro atoms. The Morgan fingerprint density at radius 1 is 1.29 bits per heavy atom. The van der Waals surface area contributed by atoms with Gasteiger partial charge in [0, 0.05) is 24.5 Å². The van der Waals surface area contributed by atoms with E-state index in [1.165, 1.54) is 12.1 Å². The molecule has 0 amide bonds. The predicted molar refractivity (Wildman–Crippen MR) is 58.5 cm³/mol. The highest BCUT2D eigenvalue weighted by atomic mass is 16.7. The number of aryl methyl sites for hydroxylation is 1. The fourth-order valence-corrected chi connectivity index (χ4v) is 1.40. The minimum atomic E-state index is -0.534. The van der Waals surface area contributed by atoms with E-state index in [-0.39, 0.29) is 18.2 Å². The van der Waals surface area contributed by atoms with Gasteiger partial charge in [0.05, 0.1) is 6.42 Å². The largest absolute Gasteiger partial charge is 0.492 e. The second kappa shape index (κ2) is 4.65. The van der Waals surface area contributed by atoms with Gasteiger partial charge in [0.15, 0.2) is 0 Å². The lowest BCUT2D eigenvalue weighted by atomic mass is 10.2. The fraction of sp³-hybridized carbons (Fsp3) is 0.182. The molecule has 0 aromatic carbocycles. The highest BCUT2D eigenvalue weighted by Gasteiger charge is 2.12. The third-order valence-electron chi connectivity index (χ3n) is 2.27. The average molecular weight is 236 g/mol. The third kappa shape index (κ3) is 2.60. The van der Waals surface area contributed by atoms with Gasteiger partial charge in [-0.1, -0.05) is 0 Å². The number of nitrogens with zero attached hydrogens (tertiary/aromatic N) is 1. The van der Waals surface area contributed by atoms with Gasteiger partial charge >= 0.3 is 5.97 Å². The first kappa shape index (κ1) is 11.1. The van der Waals surface area contributed by atoms with Crippen molar-refractivity contribution in [2.45, 2.75) is 12.8 Å². The first-order valence-corrected chi connectivity index (χ1v) is 5.09. The van der Waals surface area contributed by atoms with Crippen molar-refractivity contribution in [1.82, 2.24) is 9.71 Å². The van der Waals surface area contributed by atoms with E-state index in [1.54, 1.807) is 12.4 Å². The topological polar surface area (TPSA) is 87.5 Å². The maximum atomic E-state index is 11.4. The number of carbonyl (C=O) groups excluding carboxylic acids is 1. The van der Waals surface area contributed by atoms with Crippen LogP contribution in [-0.4, -0.2) is 25.9 Å². The van der Waals surface area contributed by atoms with Gasteiger partial charge < -0.3 is 20.0 Å². The standard InChI is InChI=1S/C11H12N2O4/c14-9-2-3-10(15)13(9)17-11(16)4-1-8-5-6-12-7-8/h2-3,5-7,12,14-15H,1,4H2. The molecule has 6 heteroatoms. The Kier molecular flexibility index (Phi) is 3.04. The number of nitrogens with one attached hydrogen (secondary N) is 1. The summed E-state index contributed by atoms with van der Waals surface area (Å²) in [5.41, 5.74) is 0.989. The maximum absolute atomic E-state index is 11.4. The van der Waals surface area contributed by atoms with Crippen LogP contribution in [-0.2, 0) is 11.2 Å². The van der Waals surface area contributed by atoms with Crippen molar-refractivity contribution in [2.24, 2.45) is 0 Å². The van der Waals surface area contributed by atoms with E-state index in [4.69, 9.17) is 4.84 Å². The summed E-state index contributed by atoms with van der Waals surface area (Å²) >= 11 is 0. The molecule has 0 bridgehead atoms. The van der Waals surface area contributed by atoms with Crippen LogP contribution in [0.4, 0.5) is 0 Å². The monoisotopic (exact) mass is 236 g/mol. The van der Waals surface area contributed by atoms with Crippen LogP contribution in [0.15, 0.2) is 30.6 Å². The molecular formula is C11H12N2O4. The van der Waals surface area contributed by atoms with Gasteiger partial charge in [-0.2, -0.15) is 0 Å². The second-order valence-electron chi connectivity index (χ2n) is 3.53. The normalized spacial score (nSPS) is 10.4. The van der Waals surface area contributed by atoms with Crippen molar-refractivity contribution >= 4 is 5.97 Å². The van der Waals surface area contributed by atoms with E-state index in [2.05, 4.69) is 4.98 Å². The zero-order valence-corrected chi connectivity index (χ0v) is 8.96. The number of hydrogen-bond donors (Lipinski definition) is 3. The lowest BCUT2D eigenvalue weighted by Crippen LogP contribution is -2.19. The van der Waals surface area contributed by atoms with Gasteiger partial charge in [-0.3, -0.25) is 0 Å². The Morgan fingerprint density at radius 3 is 2.59 bits per heavy atom. The van der Waals surface area contributed by atoms with Crippen molar-refractivity contribution in [3.05, 3.63) is 36.2 Å². The number of rotatable bonds is 4. The lowest BCUT2D eigenvalue weighted by Gasteiger charge is -2.06. The van der Waals surface area contributed by atoms with E-state index in [0.29, 0.717) is 11.2 Å². The highest BCUT2D eigenvalue weighted by Crippen LogP contribution is 2.18. The molecule has 2 aromatic heterocycles. The number of H-pyrrole nitrogens is 1. The highest BCUT2D eigenvalue weighted by molar-refractivity contribution is 5.70. The molecule has 0 atom stereocenters. The van der Waals surface area contributed by atoms with Gasteiger partial charge in [-0.25, -0.2) is 4.79 Å². The zero-order valence-electron chi connectivity index (χ0n) is 8.96. The Hall–Kier alpha value is -2.37.